The van der Waals surface area contributed by atoms with Gasteiger partial charge in [-0.2, -0.15) is 5.26 Å². The molecule has 1 heterocycles. The fourth-order valence-corrected chi connectivity index (χ4v) is 5.01. The Hall–Kier alpha value is -3.80. The molecule has 0 saturated carbocycles. The number of unbranched alkanes of at least 4 members (excludes halogenated alkanes) is 1. The van der Waals surface area contributed by atoms with Gasteiger partial charge in [0.15, 0.2) is 5.16 Å². The summed E-state index contributed by atoms with van der Waals surface area (Å²) in [6.45, 7) is 0.490. The quantitative estimate of drug-likeness (QED) is 0.170. The van der Waals surface area contributed by atoms with E-state index in [1.165, 1.54) is 0 Å². The molecule has 0 unspecified atom stereocenters. The fraction of sp³-hybridized carbons (Fsp3) is 0.241. The molecule has 0 atom stereocenters. The number of nitriles is 1. The first-order chi connectivity index (χ1) is 18.6. The number of nitrogens with zero attached hydrogens (tertiary/aromatic N) is 4. The first-order valence-electron chi connectivity index (χ1n) is 12.3. The van der Waals surface area contributed by atoms with Crippen LogP contribution in [0.2, 0.25) is 5.02 Å². The second-order valence-corrected chi connectivity index (χ2v) is 10.0. The smallest absolute Gasteiger partial charge is 0.220 e. The van der Waals surface area contributed by atoms with Gasteiger partial charge in [-0.15, -0.1) is 10.2 Å². The van der Waals surface area contributed by atoms with Gasteiger partial charge >= 0.3 is 0 Å². The minimum absolute atomic E-state index is 0.0213. The molecule has 0 aliphatic heterocycles. The van der Waals surface area contributed by atoms with Gasteiger partial charge in [0.1, 0.15) is 11.6 Å². The van der Waals surface area contributed by atoms with Gasteiger partial charge in [-0.05, 0) is 66.4 Å². The van der Waals surface area contributed by atoms with Gasteiger partial charge in [0, 0.05) is 30.2 Å². The highest BCUT2D eigenvalue weighted by molar-refractivity contribution is 7.98. The van der Waals surface area contributed by atoms with E-state index >= 15 is 0 Å². The number of carbonyl (C=O) groups excluding carboxylic acids is 1. The maximum Gasteiger partial charge on any atom is 0.220 e. The summed E-state index contributed by atoms with van der Waals surface area (Å²) in [5.41, 5.74) is 3.59. The molecule has 7 nitrogen and oxygen atoms in total. The molecule has 9 heteroatoms. The minimum atomic E-state index is 0.0213. The number of hydrogen-bond donors (Lipinski definition) is 1. The summed E-state index contributed by atoms with van der Waals surface area (Å²) in [5.74, 6) is 2.29. The standard InChI is InChI=1S/C29H28ClN5O2S/c1-37-26-14-12-21(13-15-26)19-32-28(36)11-3-2-10-27-33-34-29(35(27)25-9-5-8-24(30)17-25)38-20-23-7-4-6-22(16-23)18-31/h4-9,12-17H,2-3,10-11,19-20H2,1H3,(H,32,36). The second kappa shape index (κ2) is 13.7. The van der Waals surface area contributed by atoms with Crippen molar-refractivity contribution in [3.8, 4) is 17.5 Å². The number of halogens is 1. The van der Waals surface area contributed by atoms with Crippen molar-refractivity contribution in [1.82, 2.24) is 20.1 Å². The monoisotopic (exact) mass is 545 g/mol. The maximum atomic E-state index is 12.3. The Morgan fingerprint density at radius 1 is 1.05 bits per heavy atom. The largest absolute Gasteiger partial charge is 0.497 e. The van der Waals surface area contributed by atoms with E-state index in [0.29, 0.717) is 35.7 Å². The third-order valence-electron chi connectivity index (χ3n) is 5.89. The molecular weight excluding hydrogens is 518 g/mol. The van der Waals surface area contributed by atoms with Crippen molar-refractivity contribution in [2.75, 3.05) is 7.11 Å². The number of rotatable bonds is 12. The van der Waals surface area contributed by atoms with Gasteiger partial charge in [-0.1, -0.05) is 53.7 Å². The number of methoxy groups -OCH3 is 1. The highest BCUT2D eigenvalue weighted by Crippen LogP contribution is 2.27. The Bertz CT molecular complexity index is 1420. The van der Waals surface area contributed by atoms with Gasteiger partial charge < -0.3 is 10.1 Å². The summed E-state index contributed by atoms with van der Waals surface area (Å²) >= 11 is 7.84. The molecule has 4 rings (SSSR count). The number of nitrogens with one attached hydrogen (secondary N) is 1. The molecule has 0 fully saturated rings. The molecule has 0 saturated heterocycles. The third-order valence-corrected chi connectivity index (χ3v) is 7.13. The summed E-state index contributed by atoms with van der Waals surface area (Å²) in [6, 6.07) is 25.0. The van der Waals surface area contributed by atoms with Crippen molar-refractivity contribution in [3.05, 3.63) is 100 Å². The molecule has 1 aromatic heterocycles. The number of ether oxygens (including phenoxy) is 1. The van der Waals surface area contributed by atoms with E-state index in [9.17, 15) is 10.1 Å². The summed E-state index contributed by atoms with van der Waals surface area (Å²) < 4.78 is 7.19. The number of aromatic nitrogens is 3. The van der Waals surface area contributed by atoms with Crippen LogP contribution in [0.3, 0.4) is 0 Å². The predicted octanol–water partition coefficient (Wildman–Crippen LogP) is 6.12. The van der Waals surface area contributed by atoms with E-state index in [1.54, 1.807) is 24.9 Å². The molecular formula is C29H28ClN5O2S. The van der Waals surface area contributed by atoms with Crippen LogP contribution >= 0.6 is 23.4 Å². The molecule has 4 aromatic rings. The van der Waals surface area contributed by atoms with Gasteiger partial charge in [-0.3, -0.25) is 9.36 Å². The molecule has 0 bridgehead atoms. The van der Waals surface area contributed by atoms with E-state index in [0.717, 1.165) is 46.4 Å². The minimum Gasteiger partial charge on any atom is -0.497 e. The van der Waals surface area contributed by atoms with E-state index in [-0.39, 0.29) is 5.91 Å². The lowest BCUT2D eigenvalue weighted by Crippen LogP contribution is -2.22. The lowest BCUT2D eigenvalue weighted by Gasteiger charge is -2.11. The molecule has 1 amide bonds. The Kier molecular flexibility index (Phi) is 9.79. The summed E-state index contributed by atoms with van der Waals surface area (Å²) in [7, 11) is 1.63. The summed E-state index contributed by atoms with van der Waals surface area (Å²) in [5, 5.41) is 22.4. The van der Waals surface area contributed by atoms with E-state index in [4.69, 9.17) is 16.3 Å². The second-order valence-electron chi connectivity index (χ2n) is 8.65. The lowest BCUT2D eigenvalue weighted by atomic mass is 10.1. The number of aryl methyl sites for hydroxylation is 1. The van der Waals surface area contributed by atoms with Crippen LogP contribution in [0.4, 0.5) is 0 Å². The van der Waals surface area contributed by atoms with E-state index in [1.807, 2.05) is 71.3 Å². The van der Waals surface area contributed by atoms with Crippen molar-refractivity contribution in [3.63, 3.8) is 0 Å². The van der Waals surface area contributed by atoms with Crippen molar-refractivity contribution >= 4 is 29.3 Å². The van der Waals surface area contributed by atoms with Gasteiger partial charge in [0.05, 0.1) is 24.4 Å². The van der Waals surface area contributed by atoms with Crippen LogP contribution < -0.4 is 10.1 Å². The average Bonchev–Trinajstić information content (AvgIpc) is 3.36. The number of thioether (sulfide) groups is 1. The number of carbonyl (C=O) groups is 1. The maximum absolute atomic E-state index is 12.3. The van der Waals surface area contributed by atoms with Crippen LogP contribution in [0.1, 0.15) is 41.8 Å². The zero-order valence-electron chi connectivity index (χ0n) is 21.1. The molecule has 194 valence electrons. The number of hydrogen-bond acceptors (Lipinski definition) is 6. The summed E-state index contributed by atoms with van der Waals surface area (Å²) in [6.07, 6.45) is 2.65. The number of benzene rings is 3. The van der Waals surface area contributed by atoms with Gasteiger partial charge in [-0.25, -0.2) is 0 Å². The predicted molar refractivity (Wildman–Crippen MR) is 149 cm³/mol. The van der Waals surface area contributed by atoms with E-state index in [2.05, 4.69) is 21.6 Å². The average molecular weight is 546 g/mol. The Morgan fingerprint density at radius 3 is 2.63 bits per heavy atom. The molecule has 0 spiro atoms. The van der Waals surface area contributed by atoms with Crippen molar-refractivity contribution in [2.45, 2.75) is 43.1 Å². The van der Waals surface area contributed by atoms with Crippen LogP contribution in [0, 0.1) is 11.3 Å². The van der Waals surface area contributed by atoms with Gasteiger partial charge in [0.25, 0.3) is 0 Å². The molecule has 1 N–H and O–H groups in total. The van der Waals surface area contributed by atoms with Crippen molar-refractivity contribution < 1.29 is 9.53 Å². The molecule has 0 radical (unpaired) electrons. The Morgan fingerprint density at radius 2 is 1.87 bits per heavy atom. The van der Waals surface area contributed by atoms with E-state index < -0.39 is 0 Å². The molecule has 0 aliphatic carbocycles. The topological polar surface area (TPSA) is 92.8 Å². The highest BCUT2D eigenvalue weighted by atomic mass is 35.5. The van der Waals surface area contributed by atoms with Crippen molar-refractivity contribution in [1.29, 1.82) is 5.26 Å². The van der Waals surface area contributed by atoms with Crippen LogP contribution in [-0.2, 0) is 23.5 Å². The van der Waals surface area contributed by atoms with Crippen LogP contribution in [0.15, 0.2) is 78.0 Å². The van der Waals surface area contributed by atoms with Crippen LogP contribution in [0.5, 0.6) is 5.75 Å². The van der Waals surface area contributed by atoms with Gasteiger partial charge in [0.2, 0.25) is 5.91 Å². The first kappa shape index (κ1) is 27.2. The Balaban J connectivity index is 1.35. The zero-order valence-corrected chi connectivity index (χ0v) is 22.6. The van der Waals surface area contributed by atoms with Crippen molar-refractivity contribution in [2.24, 2.45) is 0 Å². The highest BCUT2D eigenvalue weighted by Gasteiger charge is 2.15. The first-order valence-corrected chi connectivity index (χ1v) is 13.6. The van der Waals surface area contributed by atoms with Crippen LogP contribution in [-0.4, -0.2) is 27.8 Å². The lowest BCUT2D eigenvalue weighted by molar-refractivity contribution is -0.121. The normalized spacial score (nSPS) is 10.7. The van der Waals surface area contributed by atoms with Crippen LogP contribution in [0.25, 0.3) is 5.69 Å². The third kappa shape index (κ3) is 7.60. The fourth-order valence-electron chi connectivity index (χ4n) is 3.91. The molecule has 3 aromatic carbocycles. The number of amides is 1. The SMILES string of the molecule is COc1ccc(CNC(=O)CCCCc2nnc(SCc3cccc(C#N)c3)n2-c2cccc(Cl)c2)cc1. The Labute approximate surface area is 231 Å². The molecule has 38 heavy (non-hydrogen) atoms. The zero-order chi connectivity index (χ0) is 26.7. The summed E-state index contributed by atoms with van der Waals surface area (Å²) in [4.78, 5) is 12.3. The molecule has 0 aliphatic rings.